The number of rotatable bonds is 2. The van der Waals surface area contributed by atoms with E-state index < -0.39 is 0 Å². The topological polar surface area (TPSA) is 38.0 Å². The van der Waals surface area contributed by atoms with Crippen LogP contribution >= 0.6 is 15.9 Å². The van der Waals surface area contributed by atoms with E-state index in [9.17, 15) is 5.11 Å². The van der Waals surface area contributed by atoms with E-state index in [2.05, 4.69) is 34.9 Å². The summed E-state index contributed by atoms with van der Waals surface area (Å²) in [6.07, 6.45) is 0. The quantitative estimate of drug-likeness (QED) is 0.913. The van der Waals surface area contributed by atoms with Crippen LogP contribution in [0, 0.1) is 0 Å². The number of nitrogens with zero attached hydrogens (tertiary/aromatic N) is 2. The van der Waals surface area contributed by atoms with Gasteiger partial charge in [0.15, 0.2) is 0 Å². The molecule has 1 aromatic carbocycles. The summed E-state index contributed by atoms with van der Waals surface area (Å²) < 4.78 is 2.67. The number of hydrogen-bond donors (Lipinski definition) is 1. The van der Waals surface area contributed by atoms with Crippen LogP contribution in [0.25, 0.3) is 11.3 Å². The standard InChI is InChI=1S/C12H13BrN2O/c1-8(2)15-10(7-12(13)14-15)9-5-3-4-6-11(9)16/h3-8,16H,1-2H3. The Morgan fingerprint density at radius 1 is 1.31 bits per heavy atom. The third-order valence-corrected chi connectivity index (χ3v) is 2.76. The SMILES string of the molecule is CC(C)n1nc(Br)cc1-c1ccccc1O. The highest BCUT2D eigenvalue weighted by atomic mass is 79.9. The lowest BCUT2D eigenvalue weighted by atomic mass is 10.1. The Kier molecular flexibility index (Phi) is 3.01. The van der Waals surface area contributed by atoms with E-state index in [0.29, 0.717) is 0 Å². The van der Waals surface area contributed by atoms with Crippen molar-refractivity contribution in [3.63, 3.8) is 0 Å². The van der Waals surface area contributed by atoms with Crippen LogP contribution in [0.5, 0.6) is 5.75 Å². The maximum Gasteiger partial charge on any atom is 0.128 e. The summed E-state index contributed by atoms with van der Waals surface area (Å²) in [5.74, 6) is 0.275. The summed E-state index contributed by atoms with van der Waals surface area (Å²) in [5, 5.41) is 14.2. The smallest absolute Gasteiger partial charge is 0.128 e. The number of hydrogen-bond acceptors (Lipinski definition) is 2. The highest BCUT2D eigenvalue weighted by Gasteiger charge is 2.13. The minimum Gasteiger partial charge on any atom is -0.507 e. The summed E-state index contributed by atoms with van der Waals surface area (Å²) in [7, 11) is 0. The van der Waals surface area contributed by atoms with Crippen molar-refractivity contribution in [2.45, 2.75) is 19.9 Å². The molecule has 0 saturated heterocycles. The number of aromatic hydroxyl groups is 1. The number of benzene rings is 1. The van der Waals surface area contributed by atoms with Crippen molar-refractivity contribution < 1.29 is 5.11 Å². The van der Waals surface area contributed by atoms with E-state index in [4.69, 9.17) is 0 Å². The summed E-state index contributed by atoms with van der Waals surface area (Å²) in [4.78, 5) is 0. The van der Waals surface area contributed by atoms with Gasteiger partial charge in [-0.05, 0) is 48.0 Å². The highest BCUT2D eigenvalue weighted by molar-refractivity contribution is 9.10. The molecule has 0 saturated carbocycles. The molecule has 1 heterocycles. The minimum absolute atomic E-state index is 0.251. The van der Waals surface area contributed by atoms with Crippen LogP contribution in [-0.4, -0.2) is 14.9 Å². The Morgan fingerprint density at radius 3 is 2.62 bits per heavy atom. The molecule has 16 heavy (non-hydrogen) atoms. The lowest BCUT2D eigenvalue weighted by Crippen LogP contribution is -2.04. The molecule has 0 fully saturated rings. The molecule has 84 valence electrons. The largest absolute Gasteiger partial charge is 0.507 e. The molecule has 2 rings (SSSR count). The van der Waals surface area contributed by atoms with Gasteiger partial charge in [0, 0.05) is 11.6 Å². The predicted octanol–water partition coefficient (Wildman–Crippen LogP) is 3.60. The Bertz CT molecular complexity index is 505. The van der Waals surface area contributed by atoms with E-state index in [1.54, 1.807) is 6.07 Å². The molecule has 1 aromatic heterocycles. The lowest BCUT2D eigenvalue weighted by Gasteiger charge is -2.11. The van der Waals surface area contributed by atoms with Crippen molar-refractivity contribution in [3.05, 3.63) is 34.9 Å². The van der Waals surface area contributed by atoms with Crippen LogP contribution in [0.4, 0.5) is 0 Å². The molecule has 0 aliphatic heterocycles. The fraction of sp³-hybridized carbons (Fsp3) is 0.250. The predicted molar refractivity (Wildman–Crippen MR) is 67.4 cm³/mol. The molecule has 0 atom stereocenters. The van der Waals surface area contributed by atoms with Gasteiger partial charge in [-0.2, -0.15) is 5.10 Å². The molecule has 4 heteroatoms. The maximum absolute atomic E-state index is 9.82. The lowest BCUT2D eigenvalue weighted by molar-refractivity contribution is 0.474. The molecular formula is C12H13BrN2O. The van der Waals surface area contributed by atoms with E-state index in [0.717, 1.165) is 15.9 Å². The van der Waals surface area contributed by atoms with Crippen LogP contribution < -0.4 is 0 Å². The number of phenolic OH excluding ortho intramolecular Hbond substituents is 1. The molecule has 3 nitrogen and oxygen atoms in total. The van der Waals surface area contributed by atoms with Gasteiger partial charge in [-0.3, -0.25) is 4.68 Å². The average molecular weight is 281 g/mol. The normalized spacial score (nSPS) is 11.0. The van der Waals surface area contributed by atoms with Crippen molar-refractivity contribution in [2.24, 2.45) is 0 Å². The summed E-state index contributed by atoms with van der Waals surface area (Å²) >= 11 is 3.36. The molecule has 0 aliphatic carbocycles. The molecule has 0 unspecified atom stereocenters. The molecule has 0 aliphatic rings. The number of phenols is 1. The zero-order valence-electron chi connectivity index (χ0n) is 9.18. The van der Waals surface area contributed by atoms with Gasteiger partial charge in [0.25, 0.3) is 0 Å². The van der Waals surface area contributed by atoms with Gasteiger partial charge in [-0.25, -0.2) is 0 Å². The van der Waals surface area contributed by atoms with Crippen LogP contribution in [-0.2, 0) is 0 Å². The van der Waals surface area contributed by atoms with Crippen molar-refractivity contribution in [2.75, 3.05) is 0 Å². The van der Waals surface area contributed by atoms with Crippen molar-refractivity contribution in [3.8, 4) is 17.0 Å². The van der Waals surface area contributed by atoms with Crippen molar-refractivity contribution >= 4 is 15.9 Å². The molecule has 0 amide bonds. The van der Waals surface area contributed by atoms with Gasteiger partial charge in [0.05, 0.1) is 5.69 Å². The first-order valence-corrected chi connectivity index (χ1v) is 5.92. The summed E-state index contributed by atoms with van der Waals surface area (Å²) in [6.45, 7) is 4.12. The zero-order chi connectivity index (χ0) is 11.7. The first kappa shape index (κ1) is 11.2. The number of aromatic nitrogens is 2. The molecule has 0 spiro atoms. The molecule has 0 bridgehead atoms. The van der Waals surface area contributed by atoms with Gasteiger partial charge in [0.1, 0.15) is 10.4 Å². The Labute approximate surface area is 103 Å². The third-order valence-electron chi connectivity index (χ3n) is 2.38. The highest BCUT2D eigenvalue weighted by Crippen LogP contribution is 2.31. The van der Waals surface area contributed by atoms with Gasteiger partial charge in [0.2, 0.25) is 0 Å². The Hall–Kier alpha value is -1.29. The van der Waals surface area contributed by atoms with Gasteiger partial charge in [-0.15, -0.1) is 0 Å². The second kappa shape index (κ2) is 4.29. The summed E-state index contributed by atoms with van der Waals surface area (Å²) in [5.41, 5.74) is 1.72. The Balaban J connectivity index is 2.60. The first-order chi connectivity index (χ1) is 7.59. The molecule has 1 N–H and O–H groups in total. The fourth-order valence-corrected chi connectivity index (χ4v) is 2.04. The van der Waals surface area contributed by atoms with Gasteiger partial charge in [-0.1, -0.05) is 12.1 Å². The first-order valence-electron chi connectivity index (χ1n) is 5.13. The fourth-order valence-electron chi connectivity index (χ4n) is 1.65. The van der Waals surface area contributed by atoms with Gasteiger partial charge < -0.3 is 5.11 Å². The second-order valence-corrected chi connectivity index (χ2v) is 4.72. The van der Waals surface area contributed by atoms with E-state index in [-0.39, 0.29) is 11.8 Å². The number of para-hydroxylation sites is 1. The van der Waals surface area contributed by atoms with Crippen LogP contribution in [0.3, 0.4) is 0 Å². The van der Waals surface area contributed by atoms with E-state index in [1.165, 1.54) is 0 Å². The van der Waals surface area contributed by atoms with E-state index >= 15 is 0 Å². The van der Waals surface area contributed by atoms with Crippen molar-refractivity contribution in [1.82, 2.24) is 9.78 Å². The van der Waals surface area contributed by atoms with Crippen LogP contribution in [0.15, 0.2) is 34.9 Å². The third kappa shape index (κ3) is 1.97. The molecule has 0 radical (unpaired) electrons. The maximum atomic E-state index is 9.82. The van der Waals surface area contributed by atoms with Gasteiger partial charge >= 0.3 is 0 Å². The minimum atomic E-state index is 0.251. The summed E-state index contributed by atoms with van der Waals surface area (Å²) in [6, 6.07) is 9.44. The monoisotopic (exact) mass is 280 g/mol. The van der Waals surface area contributed by atoms with Crippen molar-refractivity contribution in [1.29, 1.82) is 0 Å². The van der Waals surface area contributed by atoms with Crippen LogP contribution in [0.2, 0.25) is 0 Å². The number of halogens is 1. The van der Waals surface area contributed by atoms with Crippen LogP contribution in [0.1, 0.15) is 19.9 Å². The molecule has 2 aromatic rings. The second-order valence-electron chi connectivity index (χ2n) is 3.91. The zero-order valence-corrected chi connectivity index (χ0v) is 10.8. The average Bonchev–Trinajstić information content (AvgIpc) is 2.61. The van der Waals surface area contributed by atoms with E-state index in [1.807, 2.05) is 28.9 Å². The Morgan fingerprint density at radius 2 is 2.00 bits per heavy atom. The molecular weight excluding hydrogens is 268 g/mol.